The molecule has 2 N–H and O–H groups in total. The first-order valence-electron chi connectivity index (χ1n) is 15.2. The van der Waals surface area contributed by atoms with Crippen molar-refractivity contribution in [2.24, 2.45) is 0 Å². The molecule has 0 amide bonds. The van der Waals surface area contributed by atoms with Crippen LogP contribution < -0.4 is 0 Å². The molecular formula is C38H38N4O. The zero-order valence-electron chi connectivity index (χ0n) is 24.4. The third-order valence-corrected chi connectivity index (χ3v) is 8.04. The van der Waals surface area contributed by atoms with E-state index in [2.05, 4.69) is 129 Å². The number of benzene rings is 4. The SMILES string of the molecule is c1ccc(-c2ccc(C(CCCc3cnc[nH]3)OC(CCCc3cnc[nH]3)c3ccc(-c4ccccc4)cc3)cc2)cc1. The largest absolute Gasteiger partial charge is 0.366 e. The molecule has 2 atom stereocenters. The van der Waals surface area contributed by atoms with Gasteiger partial charge in [0.2, 0.25) is 0 Å². The molecule has 0 aliphatic carbocycles. The van der Waals surface area contributed by atoms with Crippen molar-refractivity contribution < 1.29 is 4.74 Å². The van der Waals surface area contributed by atoms with E-state index < -0.39 is 0 Å². The Morgan fingerprint density at radius 2 is 0.884 bits per heavy atom. The highest BCUT2D eigenvalue weighted by molar-refractivity contribution is 5.64. The molecule has 2 unspecified atom stereocenters. The minimum absolute atomic E-state index is 0.0290. The molecule has 43 heavy (non-hydrogen) atoms. The quantitative estimate of drug-likeness (QED) is 0.138. The average molecular weight is 567 g/mol. The van der Waals surface area contributed by atoms with Crippen molar-refractivity contribution in [3.8, 4) is 22.3 Å². The average Bonchev–Trinajstić information content (AvgIpc) is 3.80. The van der Waals surface area contributed by atoms with Gasteiger partial charge in [0.15, 0.2) is 0 Å². The van der Waals surface area contributed by atoms with Crippen LogP contribution in [0.25, 0.3) is 22.3 Å². The lowest BCUT2D eigenvalue weighted by atomic mass is 9.96. The van der Waals surface area contributed by atoms with Crippen LogP contribution in [0.2, 0.25) is 0 Å². The second-order valence-electron chi connectivity index (χ2n) is 11.0. The number of aromatic nitrogens is 4. The second-order valence-corrected chi connectivity index (χ2v) is 11.0. The monoisotopic (exact) mass is 566 g/mol. The van der Waals surface area contributed by atoms with Crippen molar-refractivity contribution in [3.05, 3.63) is 157 Å². The summed E-state index contributed by atoms with van der Waals surface area (Å²) in [5.41, 5.74) is 9.62. The van der Waals surface area contributed by atoms with Crippen LogP contribution in [0.4, 0.5) is 0 Å². The van der Waals surface area contributed by atoms with Gasteiger partial charge in [-0.3, -0.25) is 0 Å². The van der Waals surface area contributed by atoms with E-state index in [0.717, 1.165) is 49.9 Å². The standard InChI is InChI=1S/C38H38N4O/c1-3-9-29(10-4-1)31-17-21-33(22-18-31)37(15-7-13-35-25-39-27-41-35)43-38(16-8-14-36-26-40-28-42-36)34-23-19-32(20-24-34)30-11-5-2-6-12-30/h1-6,9-12,17-28,37-38H,7-8,13-16H2,(H,39,41)(H,40,42). The molecule has 0 saturated carbocycles. The van der Waals surface area contributed by atoms with Gasteiger partial charge in [0.05, 0.1) is 24.9 Å². The lowest BCUT2D eigenvalue weighted by molar-refractivity contribution is -0.0258. The Labute approximate surface area is 254 Å². The van der Waals surface area contributed by atoms with E-state index in [1.807, 2.05) is 12.4 Å². The fourth-order valence-corrected chi connectivity index (χ4v) is 5.67. The number of hydrogen-bond acceptors (Lipinski definition) is 3. The van der Waals surface area contributed by atoms with Crippen LogP contribution in [0.5, 0.6) is 0 Å². The maximum atomic E-state index is 7.10. The number of nitrogens with zero attached hydrogens (tertiary/aromatic N) is 2. The van der Waals surface area contributed by atoms with E-state index in [1.165, 1.54) is 33.4 Å². The summed E-state index contributed by atoms with van der Waals surface area (Å²) in [5, 5.41) is 0. The summed E-state index contributed by atoms with van der Waals surface area (Å²) in [6, 6.07) is 38.9. The predicted molar refractivity (Wildman–Crippen MR) is 173 cm³/mol. The number of H-pyrrole nitrogens is 2. The van der Waals surface area contributed by atoms with Crippen molar-refractivity contribution >= 4 is 0 Å². The molecule has 2 heterocycles. The first-order valence-corrected chi connectivity index (χ1v) is 15.2. The Bertz CT molecular complexity index is 1490. The van der Waals surface area contributed by atoms with Gasteiger partial charge in [-0.05, 0) is 71.9 Å². The topological polar surface area (TPSA) is 66.6 Å². The van der Waals surface area contributed by atoms with E-state index in [1.54, 1.807) is 12.7 Å². The molecule has 5 nitrogen and oxygen atoms in total. The van der Waals surface area contributed by atoms with Crippen molar-refractivity contribution in [2.75, 3.05) is 0 Å². The van der Waals surface area contributed by atoms with Crippen molar-refractivity contribution in [3.63, 3.8) is 0 Å². The minimum Gasteiger partial charge on any atom is -0.366 e. The molecule has 5 heteroatoms. The zero-order valence-corrected chi connectivity index (χ0v) is 24.4. The van der Waals surface area contributed by atoms with Crippen LogP contribution in [0.15, 0.2) is 134 Å². The predicted octanol–water partition coefficient (Wildman–Crippen LogP) is 9.31. The zero-order chi connectivity index (χ0) is 29.1. The fourth-order valence-electron chi connectivity index (χ4n) is 5.67. The second kappa shape index (κ2) is 14.4. The van der Waals surface area contributed by atoms with Crippen LogP contribution in [0, 0.1) is 0 Å². The Morgan fingerprint density at radius 1 is 0.488 bits per heavy atom. The highest BCUT2D eigenvalue weighted by atomic mass is 16.5. The lowest BCUT2D eigenvalue weighted by Crippen LogP contribution is -2.12. The normalized spacial score (nSPS) is 12.7. The maximum absolute atomic E-state index is 7.10. The van der Waals surface area contributed by atoms with Crippen LogP contribution in [0.1, 0.15) is 60.4 Å². The Balaban J connectivity index is 1.24. The Hall–Kier alpha value is -4.74. The highest BCUT2D eigenvalue weighted by Crippen LogP contribution is 2.35. The molecule has 0 spiro atoms. The first kappa shape index (κ1) is 28.4. The van der Waals surface area contributed by atoms with Gasteiger partial charge >= 0.3 is 0 Å². The van der Waals surface area contributed by atoms with Crippen LogP contribution in [-0.2, 0) is 17.6 Å². The van der Waals surface area contributed by atoms with Gasteiger partial charge in [-0.15, -0.1) is 0 Å². The maximum Gasteiger partial charge on any atom is 0.0921 e. The molecule has 6 rings (SSSR count). The van der Waals surface area contributed by atoms with E-state index in [-0.39, 0.29) is 12.2 Å². The summed E-state index contributed by atoms with van der Waals surface area (Å²) < 4.78 is 7.10. The van der Waals surface area contributed by atoms with Crippen molar-refractivity contribution in [2.45, 2.75) is 50.7 Å². The van der Waals surface area contributed by atoms with Crippen LogP contribution in [0.3, 0.4) is 0 Å². The van der Waals surface area contributed by atoms with Gasteiger partial charge in [0, 0.05) is 23.8 Å². The molecule has 2 aromatic heterocycles. The summed E-state index contributed by atoms with van der Waals surface area (Å²) in [6.45, 7) is 0. The van der Waals surface area contributed by atoms with Crippen molar-refractivity contribution in [1.29, 1.82) is 0 Å². The third-order valence-electron chi connectivity index (χ3n) is 8.04. The fraction of sp³-hybridized carbons (Fsp3) is 0.211. The number of nitrogens with one attached hydrogen (secondary N) is 2. The molecule has 0 radical (unpaired) electrons. The molecule has 216 valence electrons. The molecule has 0 fully saturated rings. The molecule has 0 bridgehead atoms. The van der Waals surface area contributed by atoms with Crippen molar-refractivity contribution in [1.82, 2.24) is 19.9 Å². The van der Waals surface area contributed by atoms with Gasteiger partial charge in [0.1, 0.15) is 0 Å². The number of imidazole rings is 2. The molecule has 0 aliphatic rings. The molecule has 0 saturated heterocycles. The summed E-state index contributed by atoms with van der Waals surface area (Å²) in [7, 11) is 0. The van der Waals surface area contributed by atoms with Gasteiger partial charge < -0.3 is 14.7 Å². The number of aromatic amines is 2. The molecule has 4 aromatic carbocycles. The number of rotatable bonds is 14. The van der Waals surface area contributed by atoms with Gasteiger partial charge in [-0.2, -0.15) is 0 Å². The number of ether oxygens (including phenoxy) is 1. The van der Waals surface area contributed by atoms with Gasteiger partial charge in [0.25, 0.3) is 0 Å². The van der Waals surface area contributed by atoms with E-state index in [9.17, 15) is 0 Å². The van der Waals surface area contributed by atoms with Gasteiger partial charge in [-0.25, -0.2) is 9.97 Å². The Kier molecular flexibility index (Phi) is 9.53. The lowest BCUT2D eigenvalue weighted by Gasteiger charge is -2.26. The van der Waals surface area contributed by atoms with E-state index in [0.29, 0.717) is 0 Å². The summed E-state index contributed by atoms with van der Waals surface area (Å²) >= 11 is 0. The molecule has 6 aromatic rings. The number of hydrogen-bond donors (Lipinski definition) is 2. The minimum atomic E-state index is -0.0290. The van der Waals surface area contributed by atoms with Gasteiger partial charge in [-0.1, -0.05) is 109 Å². The third kappa shape index (κ3) is 7.76. The Morgan fingerprint density at radius 3 is 1.26 bits per heavy atom. The number of aryl methyl sites for hydroxylation is 2. The summed E-state index contributed by atoms with van der Waals surface area (Å²) in [4.78, 5) is 14.9. The summed E-state index contributed by atoms with van der Waals surface area (Å²) in [5.74, 6) is 0. The summed E-state index contributed by atoms with van der Waals surface area (Å²) in [6.07, 6.45) is 13.0. The van der Waals surface area contributed by atoms with Crippen LogP contribution in [-0.4, -0.2) is 19.9 Å². The van der Waals surface area contributed by atoms with E-state index >= 15 is 0 Å². The van der Waals surface area contributed by atoms with Crippen LogP contribution >= 0.6 is 0 Å². The smallest absolute Gasteiger partial charge is 0.0921 e. The van der Waals surface area contributed by atoms with E-state index in [4.69, 9.17) is 4.74 Å². The first-order chi connectivity index (χ1) is 21.3. The highest BCUT2D eigenvalue weighted by Gasteiger charge is 2.21. The molecule has 0 aliphatic heterocycles. The molecular weight excluding hydrogens is 528 g/mol.